The first-order valence-electron chi connectivity index (χ1n) is 6.39. The molecule has 3 N–H and O–H groups in total. The van der Waals surface area contributed by atoms with Crippen molar-refractivity contribution in [1.29, 1.82) is 0 Å². The fourth-order valence-corrected chi connectivity index (χ4v) is 3.97. The summed E-state index contributed by atoms with van der Waals surface area (Å²) in [6.45, 7) is 2.11. The molecule has 0 fully saturated rings. The Morgan fingerprint density at radius 2 is 2.00 bits per heavy atom. The highest BCUT2D eigenvalue weighted by molar-refractivity contribution is 9.10. The predicted octanol–water partition coefficient (Wildman–Crippen LogP) is 4.52. The summed E-state index contributed by atoms with van der Waals surface area (Å²) in [5.41, 5.74) is 6.62. The highest BCUT2D eigenvalue weighted by Crippen LogP contribution is 2.33. The van der Waals surface area contributed by atoms with E-state index in [0.29, 0.717) is 0 Å². The number of fused-ring (bicyclic) bond motifs is 1. The van der Waals surface area contributed by atoms with Crippen LogP contribution in [-0.4, -0.2) is 0 Å². The molecule has 0 saturated carbocycles. The van der Waals surface area contributed by atoms with E-state index in [4.69, 9.17) is 5.84 Å². The molecule has 1 unspecified atom stereocenters. The van der Waals surface area contributed by atoms with E-state index in [1.807, 2.05) is 0 Å². The molecule has 1 heterocycles. The number of nitrogens with two attached hydrogens (primary N) is 1. The van der Waals surface area contributed by atoms with Gasteiger partial charge in [-0.2, -0.15) is 0 Å². The van der Waals surface area contributed by atoms with Crippen molar-refractivity contribution in [1.82, 2.24) is 5.43 Å². The van der Waals surface area contributed by atoms with Crippen molar-refractivity contribution in [2.45, 2.75) is 13.0 Å². The third kappa shape index (κ3) is 2.40. The van der Waals surface area contributed by atoms with Crippen LogP contribution in [-0.2, 0) is 0 Å². The fourth-order valence-electron chi connectivity index (χ4n) is 2.55. The van der Waals surface area contributed by atoms with Gasteiger partial charge in [-0.15, -0.1) is 11.3 Å². The molecule has 1 aromatic heterocycles. The Morgan fingerprint density at radius 3 is 2.75 bits per heavy atom. The monoisotopic (exact) mass is 346 g/mol. The van der Waals surface area contributed by atoms with E-state index in [9.17, 15) is 0 Å². The zero-order valence-corrected chi connectivity index (χ0v) is 13.5. The van der Waals surface area contributed by atoms with Gasteiger partial charge in [0.25, 0.3) is 0 Å². The van der Waals surface area contributed by atoms with Gasteiger partial charge in [-0.1, -0.05) is 40.2 Å². The summed E-state index contributed by atoms with van der Waals surface area (Å²) < 4.78 is 2.38. The number of halogens is 1. The minimum atomic E-state index is 0.00505. The van der Waals surface area contributed by atoms with E-state index in [0.717, 1.165) is 4.47 Å². The lowest BCUT2D eigenvalue weighted by Gasteiger charge is -2.20. The van der Waals surface area contributed by atoms with Gasteiger partial charge < -0.3 is 0 Å². The average Bonchev–Trinajstić information content (AvgIpc) is 2.91. The second kappa shape index (κ2) is 5.66. The first-order valence-corrected chi connectivity index (χ1v) is 8.06. The highest BCUT2D eigenvalue weighted by Gasteiger charge is 2.17. The second-order valence-electron chi connectivity index (χ2n) is 4.79. The molecule has 2 nitrogen and oxygen atoms in total. The fraction of sp³-hybridized carbons (Fsp3) is 0.125. The maximum atomic E-state index is 5.85. The number of hydrazine groups is 1. The van der Waals surface area contributed by atoms with Crippen LogP contribution in [0.1, 0.15) is 22.7 Å². The minimum absolute atomic E-state index is 0.00505. The van der Waals surface area contributed by atoms with Gasteiger partial charge in [0.15, 0.2) is 0 Å². The second-order valence-corrected chi connectivity index (χ2v) is 6.62. The van der Waals surface area contributed by atoms with Crippen LogP contribution < -0.4 is 11.3 Å². The summed E-state index contributed by atoms with van der Waals surface area (Å²) in [4.78, 5) is 0. The number of rotatable bonds is 3. The molecular weight excluding hydrogens is 332 g/mol. The molecule has 3 aromatic rings. The van der Waals surface area contributed by atoms with Crippen LogP contribution in [0.25, 0.3) is 10.1 Å². The molecule has 0 radical (unpaired) electrons. The summed E-state index contributed by atoms with van der Waals surface area (Å²) >= 11 is 5.26. The molecule has 3 rings (SSSR count). The lowest BCUT2D eigenvalue weighted by Crippen LogP contribution is -2.29. The van der Waals surface area contributed by atoms with Crippen LogP contribution >= 0.6 is 27.3 Å². The molecule has 0 bridgehead atoms. The first-order chi connectivity index (χ1) is 9.70. The number of aryl methyl sites for hydroxylation is 1. The molecule has 0 aliphatic rings. The molecule has 0 spiro atoms. The van der Waals surface area contributed by atoms with E-state index >= 15 is 0 Å². The lowest BCUT2D eigenvalue weighted by molar-refractivity contribution is 0.638. The van der Waals surface area contributed by atoms with E-state index in [1.54, 1.807) is 11.3 Å². The Bertz CT molecular complexity index is 751. The molecule has 0 amide bonds. The summed E-state index contributed by atoms with van der Waals surface area (Å²) in [7, 11) is 0. The maximum absolute atomic E-state index is 5.85. The zero-order valence-electron chi connectivity index (χ0n) is 11.1. The minimum Gasteiger partial charge on any atom is -0.271 e. The van der Waals surface area contributed by atoms with Crippen molar-refractivity contribution >= 4 is 37.4 Å². The summed E-state index contributed by atoms with van der Waals surface area (Å²) in [6, 6.07) is 14.8. The Labute approximate surface area is 130 Å². The molecule has 0 aliphatic heterocycles. The van der Waals surface area contributed by atoms with Gasteiger partial charge in [0.05, 0.1) is 6.04 Å². The summed E-state index contributed by atoms with van der Waals surface area (Å²) in [5, 5.41) is 3.39. The van der Waals surface area contributed by atoms with Gasteiger partial charge in [0.1, 0.15) is 0 Å². The van der Waals surface area contributed by atoms with Gasteiger partial charge in [0.2, 0.25) is 0 Å². The third-order valence-electron chi connectivity index (χ3n) is 3.53. The largest absolute Gasteiger partial charge is 0.271 e. The Morgan fingerprint density at radius 1 is 1.15 bits per heavy atom. The van der Waals surface area contributed by atoms with Crippen molar-refractivity contribution in [3.05, 3.63) is 69.0 Å². The number of hydrogen-bond acceptors (Lipinski definition) is 3. The van der Waals surface area contributed by atoms with Crippen molar-refractivity contribution in [3.8, 4) is 0 Å². The van der Waals surface area contributed by atoms with Crippen LogP contribution in [0.5, 0.6) is 0 Å². The van der Waals surface area contributed by atoms with E-state index in [1.165, 1.54) is 26.8 Å². The van der Waals surface area contributed by atoms with Crippen LogP contribution in [0, 0.1) is 6.92 Å². The molecular formula is C16H15BrN2S. The first kappa shape index (κ1) is 13.8. The van der Waals surface area contributed by atoms with Crippen LogP contribution in [0.2, 0.25) is 0 Å². The average molecular weight is 347 g/mol. The lowest BCUT2D eigenvalue weighted by atomic mass is 9.95. The number of nitrogens with one attached hydrogen (secondary N) is 1. The van der Waals surface area contributed by atoms with Crippen LogP contribution in [0.4, 0.5) is 0 Å². The number of thiophene rings is 1. The molecule has 4 heteroatoms. The molecule has 2 aromatic carbocycles. The van der Waals surface area contributed by atoms with E-state index in [2.05, 4.69) is 76.1 Å². The standard InChI is InChI=1S/C16H15BrN2S/c1-10-9-12(17)5-6-13(10)15(19-18)14-4-2-3-11-7-8-20-16(11)14/h2-9,15,19H,18H2,1H3. The smallest absolute Gasteiger partial charge is 0.0726 e. The normalized spacial score (nSPS) is 12.8. The quantitative estimate of drug-likeness (QED) is 0.540. The Kier molecular flexibility index (Phi) is 3.89. The number of benzene rings is 2. The van der Waals surface area contributed by atoms with Crippen LogP contribution in [0.3, 0.4) is 0 Å². The van der Waals surface area contributed by atoms with E-state index in [-0.39, 0.29) is 6.04 Å². The van der Waals surface area contributed by atoms with Crippen molar-refractivity contribution < 1.29 is 0 Å². The van der Waals surface area contributed by atoms with Gasteiger partial charge in [0, 0.05) is 9.17 Å². The molecule has 0 saturated heterocycles. The van der Waals surface area contributed by atoms with Gasteiger partial charge in [-0.25, -0.2) is 5.43 Å². The van der Waals surface area contributed by atoms with Crippen molar-refractivity contribution in [3.63, 3.8) is 0 Å². The van der Waals surface area contributed by atoms with E-state index < -0.39 is 0 Å². The number of hydrogen-bond donors (Lipinski definition) is 2. The summed E-state index contributed by atoms with van der Waals surface area (Å²) in [6.07, 6.45) is 0. The maximum Gasteiger partial charge on any atom is 0.0726 e. The zero-order chi connectivity index (χ0) is 14.1. The predicted molar refractivity (Wildman–Crippen MR) is 89.9 cm³/mol. The molecule has 1 atom stereocenters. The molecule has 20 heavy (non-hydrogen) atoms. The van der Waals surface area contributed by atoms with Crippen molar-refractivity contribution in [2.75, 3.05) is 0 Å². The SMILES string of the molecule is Cc1cc(Br)ccc1C(NN)c1cccc2ccsc12. The van der Waals surface area contributed by atoms with Crippen molar-refractivity contribution in [2.24, 2.45) is 5.84 Å². The summed E-state index contributed by atoms with van der Waals surface area (Å²) in [5.74, 6) is 5.85. The molecule has 0 aliphatic carbocycles. The Hall–Kier alpha value is -1.20. The topological polar surface area (TPSA) is 38.0 Å². The Balaban J connectivity index is 2.16. The van der Waals surface area contributed by atoms with Crippen LogP contribution in [0.15, 0.2) is 52.3 Å². The van der Waals surface area contributed by atoms with Gasteiger partial charge in [-0.3, -0.25) is 5.84 Å². The molecule has 102 valence electrons. The van der Waals surface area contributed by atoms with Gasteiger partial charge >= 0.3 is 0 Å². The highest BCUT2D eigenvalue weighted by atomic mass is 79.9. The van der Waals surface area contributed by atoms with Gasteiger partial charge in [-0.05, 0) is 52.6 Å². The third-order valence-corrected chi connectivity index (χ3v) is 5.00.